The highest BCUT2D eigenvalue weighted by atomic mass is 19.1. The van der Waals surface area contributed by atoms with Gasteiger partial charge in [-0.3, -0.25) is 4.79 Å². The smallest absolute Gasteiger partial charge is 0.240 e. The summed E-state index contributed by atoms with van der Waals surface area (Å²) in [6.45, 7) is 0. The zero-order valence-corrected chi connectivity index (χ0v) is 12.7. The number of hydrazone groups is 1. The Morgan fingerprint density at radius 2 is 1.79 bits per heavy atom. The van der Waals surface area contributed by atoms with Crippen molar-refractivity contribution < 1.29 is 24.5 Å². The van der Waals surface area contributed by atoms with E-state index < -0.39 is 17.2 Å². The summed E-state index contributed by atoms with van der Waals surface area (Å²) in [4.78, 5) is 11.6. The highest BCUT2D eigenvalue weighted by Gasteiger charge is 2.09. The standard InChI is InChI=1S/C17H17FN2O4/c18-13-7-4-11(5-8-13)2-1-3-15(22)20-19-10-12-6-9-14(21)17(24)16(12)23/h4-10,21,23-24H,1-3H2,(H,20,22)/b19-10+. The van der Waals surface area contributed by atoms with E-state index in [1.807, 2.05) is 0 Å². The Kier molecular flexibility index (Phi) is 5.73. The van der Waals surface area contributed by atoms with E-state index in [-0.39, 0.29) is 23.7 Å². The molecule has 0 aliphatic heterocycles. The fourth-order valence-corrected chi connectivity index (χ4v) is 2.02. The molecule has 7 heteroatoms. The molecule has 0 unspecified atom stereocenters. The van der Waals surface area contributed by atoms with Crippen LogP contribution in [0, 0.1) is 5.82 Å². The van der Waals surface area contributed by atoms with Crippen LogP contribution in [0.15, 0.2) is 41.5 Å². The predicted molar refractivity (Wildman–Crippen MR) is 86.5 cm³/mol. The summed E-state index contributed by atoms with van der Waals surface area (Å²) >= 11 is 0. The van der Waals surface area contributed by atoms with Crippen LogP contribution in [0.3, 0.4) is 0 Å². The summed E-state index contributed by atoms with van der Waals surface area (Å²) in [5, 5.41) is 31.8. The highest BCUT2D eigenvalue weighted by Crippen LogP contribution is 2.36. The maximum Gasteiger partial charge on any atom is 0.240 e. The van der Waals surface area contributed by atoms with Crippen LogP contribution in [0.1, 0.15) is 24.0 Å². The molecule has 126 valence electrons. The second kappa shape index (κ2) is 7.96. The van der Waals surface area contributed by atoms with Crippen LogP contribution in [0.4, 0.5) is 4.39 Å². The lowest BCUT2D eigenvalue weighted by Gasteiger charge is -2.04. The number of amides is 1. The van der Waals surface area contributed by atoms with E-state index in [4.69, 9.17) is 0 Å². The summed E-state index contributed by atoms with van der Waals surface area (Å²) in [6, 6.07) is 8.63. The van der Waals surface area contributed by atoms with Gasteiger partial charge in [0.05, 0.1) is 6.21 Å². The second-order valence-electron chi connectivity index (χ2n) is 5.14. The third kappa shape index (κ3) is 4.70. The molecule has 0 heterocycles. The molecule has 1 amide bonds. The third-order valence-corrected chi connectivity index (χ3v) is 3.34. The van der Waals surface area contributed by atoms with Gasteiger partial charge in [-0.05, 0) is 42.7 Å². The van der Waals surface area contributed by atoms with Crippen LogP contribution < -0.4 is 5.43 Å². The van der Waals surface area contributed by atoms with E-state index in [1.54, 1.807) is 12.1 Å². The summed E-state index contributed by atoms with van der Waals surface area (Å²) in [5.74, 6) is -2.23. The lowest BCUT2D eigenvalue weighted by Crippen LogP contribution is -2.17. The van der Waals surface area contributed by atoms with Crippen molar-refractivity contribution >= 4 is 12.1 Å². The fraction of sp³-hybridized carbons (Fsp3) is 0.176. The Morgan fingerprint density at radius 1 is 1.08 bits per heavy atom. The van der Waals surface area contributed by atoms with Gasteiger partial charge in [0.1, 0.15) is 5.82 Å². The number of aromatic hydroxyl groups is 3. The van der Waals surface area contributed by atoms with E-state index in [2.05, 4.69) is 10.5 Å². The quantitative estimate of drug-likeness (QED) is 0.371. The lowest BCUT2D eigenvalue weighted by molar-refractivity contribution is -0.121. The summed E-state index contributed by atoms with van der Waals surface area (Å²) in [7, 11) is 0. The molecule has 0 radical (unpaired) electrons. The second-order valence-corrected chi connectivity index (χ2v) is 5.14. The van der Waals surface area contributed by atoms with Gasteiger partial charge in [-0.1, -0.05) is 12.1 Å². The van der Waals surface area contributed by atoms with Gasteiger partial charge in [-0.25, -0.2) is 9.82 Å². The number of halogens is 1. The SMILES string of the molecule is O=C(CCCc1ccc(F)cc1)N/N=C/c1ccc(O)c(O)c1O. The van der Waals surface area contributed by atoms with Crippen molar-refractivity contribution in [3.63, 3.8) is 0 Å². The average Bonchev–Trinajstić information content (AvgIpc) is 2.57. The number of carbonyl (C=O) groups is 1. The van der Waals surface area contributed by atoms with E-state index in [0.717, 1.165) is 11.8 Å². The number of nitrogens with zero attached hydrogens (tertiary/aromatic N) is 1. The van der Waals surface area contributed by atoms with Gasteiger partial charge in [0.15, 0.2) is 11.5 Å². The molecular weight excluding hydrogens is 315 g/mol. The molecule has 0 saturated heterocycles. The Morgan fingerprint density at radius 3 is 2.50 bits per heavy atom. The number of nitrogens with one attached hydrogen (secondary N) is 1. The van der Waals surface area contributed by atoms with Crippen LogP contribution in [0.25, 0.3) is 0 Å². The molecule has 0 aliphatic carbocycles. The zero-order valence-electron chi connectivity index (χ0n) is 12.7. The number of rotatable bonds is 6. The Hall–Kier alpha value is -3.09. The molecule has 0 aromatic heterocycles. The number of benzene rings is 2. The molecule has 0 aliphatic rings. The van der Waals surface area contributed by atoms with E-state index in [1.165, 1.54) is 24.3 Å². The number of hydrogen-bond donors (Lipinski definition) is 4. The molecular formula is C17H17FN2O4. The van der Waals surface area contributed by atoms with Gasteiger partial charge in [0.2, 0.25) is 11.7 Å². The van der Waals surface area contributed by atoms with Crippen molar-refractivity contribution in [3.8, 4) is 17.2 Å². The molecule has 0 saturated carbocycles. The molecule has 0 bridgehead atoms. The molecule has 6 nitrogen and oxygen atoms in total. The van der Waals surface area contributed by atoms with Crippen molar-refractivity contribution in [1.82, 2.24) is 5.43 Å². The van der Waals surface area contributed by atoms with E-state index in [9.17, 15) is 24.5 Å². The Balaban J connectivity index is 1.78. The monoisotopic (exact) mass is 332 g/mol. The van der Waals surface area contributed by atoms with Crippen LogP contribution in [-0.2, 0) is 11.2 Å². The molecule has 24 heavy (non-hydrogen) atoms. The van der Waals surface area contributed by atoms with Crippen molar-refractivity contribution in [3.05, 3.63) is 53.3 Å². The number of carbonyl (C=O) groups excluding carboxylic acids is 1. The van der Waals surface area contributed by atoms with Gasteiger partial charge in [-0.15, -0.1) is 0 Å². The van der Waals surface area contributed by atoms with Crippen LogP contribution in [0.2, 0.25) is 0 Å². The minimum Gasteiger partial charge on any atom is -0.504 e. The van der Waals surface area contributed by atoms with Crippen molar-refractivity contribution in [1.29, 1.82) is 0 Å². The van der Waals surface area contributed by atoms with Crippen LogP contribution in [-0.4, -0.2) is 27.4 Å². The Labute approximate surface area is 137 Å². The minimum atomic E-state index is -0.649. The number of aryl methyl sites for hydroxylation is 1. The normalized spacial score (nSPS) is 10.9. The number of phenols is 3. The maximum absolute atomic E-state index is 12.8. The van der Waals surface area contributed by atoms with Gasteiger partial charge in [0.25, 0.3) is 0 Å². The first-order valence-corrected chi connectivity index (χ1v) is 7.27. The maximum atomic E-state index is 12.8. The molecule has 0 atom stereocenters. The zero-order chi connectivity index (χ0) is 17.5. The van der Waals surface area contributed by atoms with E-state index >= 15 is 0 Å². The lowest BCUT2D eigenvalue weighted by atomic mass is 10.1. The topological polar surface area (TPSA) is 102 Å². The first-order chi connectivity index (χ1) is 11.5. The first-order valence-electron chi connectivity index (χ1n) is 7.27. The summed E-state index contributed by atoms with van der Waals surface area (Å²) < 4.78 is 12.8. The largest absolute Gasteiger partial charge is 0.504 e. The summed E-state index contributed by atoms with van der Waals surface area (Å²) in [6.07, 6.45) is 2.62. The van der Waals surface area contributed by atoms with E-state index in [0.29, 0.717) is 12.8 Å². The highest BCUT2D eigenvalue weighted by molar-refractivity contribution is 5.86. The van der Waals surface area contributed by atoms with Crippen LogP contribution >= 0.6 is 0 Å². The van der Waals surface area contributed by atoms with Gasteiger partial charge >= 0.3 is 0 Å². The summed E-state index contributed by atoms with van der Waals surface area (Å²) in [5.41, 5.74) is 3.39. The molecule has 2 aromatic rings. The molecule has 0 fully saturated rings. The fourth-order valence-electron chi connectivity index (χ4n) is 2.02. The molecule has 2 aromatic carbocycles. The van der Waals surface area contributed by atoms with Crippen molar-refractivity contribution in [2.45, 2.75) is 19.3 Å². The van der Waals surface area contributed by atoms with Gasteiger partial charge in [0, 0.05) is 12.0 Å². The van der Waals surface area contributed by atoms with Gasteiger partial charge in [-0.2, -0.15) is 5.10 Å². The number of hydrogen-bond acceptors (Lipinski definition) is 5. The van der Waals surface area contributed by atoms with Crippen molar-refractivity contribution in [2.75, 3.05) is 0 Å². The number of phenolic OH excluding ortho intramolecular Hbond substituents is 3. The van der Waals surface area contributed by atoms with Crippen LogP contribution in [0.5, 0.6) is 17.2 Å². The minimum absolute atomic E-state index is 0.150. The average molecular weight is 332 g/mol. The molecule has 4 N–H and O–H groups in total. The first kappa shape index (κ1) is 17.3. The molecule has 0 spiro atoms. The third-order valence-electron chi connectivity index (χ3n) is 3.34. The van der Waals surface area contributed by atoms with Crippen molar-refractivity contribution in [2.24, 2.45) is 5.10 Å². The van der Waals surface area contributed by atoms with Gasteiger partial charge < -0.3 is 15.3 Å². The molecule has 2 rings (SSSR count). The predicted octanol–water partition coefficient (Wildman–Crippen LogP) is 2.42. The Bertz CT molecular complexity index is 745.